The summed E-state index contributed by atoms with van der Waals surface area (Å²) in [5, 5.41) is 0.898. The lowest BCUT2D eigenvalue weighted by Gasteiger charge is -2.12. The molecule has 0 bridgehead atoms. The van der Waals surface area contributed by atoms with Gasteiger partial charge in [-0.25, -0.2) is 0 Å². The fraction of sp³-hybridized carbons (Fsp3) is 0.417. The fourth-order valence-corrected chi connectivity index (χ4v) is 1.35. The van der Waals surface area contributed by atoms with Gasteiger partial charge in [0.1, 0.15) is 5.75 Å². The van der Waals surface area contributed by atoms with Gasteiger partial charge in [-0.1, -0.05) is 35.0 Å². The van der Waals surface area contributed by atoms with Gasteiger partial charge in [-0.2, -0.15) is 0 Å². The number of hydrogen-bond acceptors (Lipinski definition) is 2. The van der Waals surface area contributed by atoms with Crippen LogP contribution < -0.4 is 4.74 Å². The van der Waals surface area contributed by atoms with E-state index in [1.165, 1.54) is 0 Å². The van der Waals surface area contributed by atoms with Gasteiger partial charge in [0, 0.05) is 5.33 Å². The normalized spacial score (nSPS) is 12.2. The number of ketones is 1. The van der Waals surface area contributed by atoms with Crippen molar-refractivity contribution in [2.75, 3.05) is 11.9 Å². The van der Waals surface area contributed by atoms with E-state index < -0.39 is 0 Å². The van der Waals surface area contributed by atoms with Crippen LogP contribution in [0.15, 0.2) is 24.3 Å². The number of carbonyl (C=O) groups is 1. The predicted octanol–water partition coefficient (Wildman–Crippen LogP) is 3.30. The van der Waals surface area contributed by atoms with Gasteiger partial charge in [0.15, 0.2) is 5.78 Å². The molecule has 0 N–H and O–H groups in total. The van der Waals surface area contributed by atoms with Crippen molar-refractivity contribution in [1.82, 2.24) is 0 Å². The molecule has 0 heterocycles. The fourth-order valence-electron chi connectivity index (χ4n) is 1.16. The van der Waals surface area contributed by atoms with Crippen LogP contribution in [-0.4, -0.2) is 17.7 Å². The van der Waals surface area contributed by atoms with Crippen molar-refractivity contribution in [3.8, 4) is 5.75 Å². The molecular weight excluding hydrogens is 256 g/mol. The van der Waals surface area contributed by atoms with Crippen LogP contribution in [0.25, 0.3) is 0 Å². The van der Waals surface area contributed by atoms with Crippen LogP contribution in [0.2, 0.25) is 0 Å². The van der Waals surface area contributed by atoms with Crippen molar-refractivity contribution < 1.29 is 9.53 Å². The molecule has 1 aromatic rings. The van der Waals surface area contributed by atoms with E-state index in [2.05, 4.69) is 22.9 Å². The van der Waals surface area contributed by atoms with E-state index in [0.717, 1.165) is 5.33 Å². The second-order valence-corrected chi connectivity index (χ2v) is 4.27. The summed E-state index contributed by atoms with van der Waals surface area (Å²) in [7, 11) is 0. The molecule has 3 heteroatoms. The summed E-state index contributed by atoms with van der Waals surface area (Å²) in [5.41, 5.74) is 0.652. The Kier molecular flexibility index (Phi) is 4.82. The predicted molar refractivity (Wildman–Crippen MR) is 64.9 cm³/mol. The number of para-hydroxylation sites is 1. The number of ether oxygens (including phenoxy) is 1. The average molecular weight is 271 g/mol. The molecule has 82 valence electrons. The molecule has 2 nitrogen and oxygen atoms in total. The van der Waals surface area contributed by atoms with Gasteiger partial charge < -0.3 is 4.74 Å². The Labute approximate surface area is 98.8 Å². The highest BCUT2D eigenvalue weighted by atomic mass is 79.9. The van der Waals surface area contributed by atoms with E-state index >= 15 is 0 Å². The Hall–Kier alpha value is -0.830. The van der Waals surface area contributed by atoms with E-state index in [-0.39, 0.29) is 5.78 Å². The monoisotopic (exact) mass is 270 g/mol. The minimum atomic E-state index is 0.0390. The van der Waals surface area contributed by atoms with Gasteiger partial charge in [-0.05, 0) is 25.0 Å². The molecule has 0 aliphatic carbocycles. The first-order valence-corrected chi connectivity index (χ1v) is 6.06. The molecule has 0 fully saturated rings. The van der Waals surface area contributed by atoms with Crippen molar-refractivity contribution >= 4 is 21.7 Å². The smallest absolute Gasteiger partial charge is 0.163 e. The van der Waals surface area contributed by atoms with Crippen LogP contribution in [0, 0.1) is 5.92 Å². The number of halogens is 1. The molecule has 1 atom stereocenters. The Balaban J connectivity index is 2.72. The van der Waals surface area contributed by atoms with Gasteiger partial charge in [-0.15, -0.1) is 0 Å². The summed E-state index contributed by atoms with van der Waals surface area (Å²) in [6.07, 6.45) is 0. The summed E-state index contributed by atoms with van der Waals surface area (Å²) >= 11 is 3.39. The number of rotatable bonds is 5. The zero-order valence-electron chi connectivity index (χ0n) is 9.00. The quantitative estimate of drug-likeness (QED) is 0.606. The maximum atomic E-state index is 11.3. The zero-order chi connectivity index (χ0) is 11.3. The molecule has 0 aliphatic heterocycles. The van der Waals surface area contributed by atoms with E-state index in [4.69, 9.17) is 4.74 Å². The molecular formula is C12H15BrO2. The highest BCUT2D eigenvalue weighted by molar-refractivity contribution is 9.09. The molecule has 1 unspecified atom stereocenters. The average Bonchev–Trinajstić information content (AvgIpc) is 2.26. The van der Waals surface area contributed by atoms with Crippen molar-refractivity contribution in [2.45, 2.75) is 13.8 Å². The molecule has 0 saturated carbocycles. The second kappa shape index (κ2) is 5.91. The standard InChI is InChI=1S/C12H15BrO2/c1-9(7-13)8-15-12-6-4-3-5-11(12)10(2)14/h3-6,9H,7-8H2,1-2H3. The van der Waals surface area contributed by atoms with Gasteiger partial charge >= 0.3 is 0 Å². The first kappa shape index (κ1) is 12.2. The van der Waals surface area contributed by atoms with Gasteiger partial charge in [0.05, 0.1) is 12.2 Å². The van der Waals surface area contributed by atoms with E-state index in [1.54, 1.807) is 13.0 Å². The Bertz CT molecular complexity index is 336. The summed E-state index contributed by atoms with van der Waals surface area (Å²) in [6.45, 7) is 4.26. The topological polar surface area (TPSA) is 26.3 Å². The van der Waals surface area contributed by atoms with Crippen molar-refractivity contribution in [3.63, 3.8) is 0 Å². The third-order valence-electron chi connectivity index (χ3n) is 2.05. The van der Waals surface area contributed by atoms with Gasteiger partial charge in [0.2, 0.25) is 0 Å². The molecule has 0 saturated heterocycles. The maximum Gasteiger partial charge on any atom is 0.163 e. The molecule has 0 radical (unpaired) electrons. The number of carbonyl (C=O) groups excluding carboxylic acids is 1. The lowest BCUT2D eigenvalue weighted by Crippen LogP contribution is -2.11. The van der Waals surface area contributed by atoms with Crippen LogP contribution in [0.5, 0.6) is 5.75 Å². The van der Waals surface area contributed by atoms with Crippen LogP contribution >= 0.6 is 15.9 Å². The van der Waals surface area contributed by atoms with Gasteiger partial charge in [-0.3, -0.25) is 4.79 Å². The van der Waals surface area contributed by atoms with Crippen LogP contribution in [-0.2, 0) is 0 Å². The Morgan fingerprint density at radius 2 is 2.13 bits per heavy atom. The number of alkyl halides is 1. The van der Waals surface area contributed by atoms with E-state index in [9.17, 15) is 4.79 Å². The first-order chi connectivity index (χ1) is 7.15. The minimum absolute atomic E-state index is 0.0390. The Morgan fingerprint density at radius 3 is 2.73 bits per heavy atom. The summed E-state index contributed by atoms with van der Waals surface area (Å²) in [4.78, 5) is 11.3. The van der Waals surface area contributed by atoms with Gasteiger partial charge in [0.25, 0.3) is 0 Å². The van der Waals surface area contributed by atoms with Crippen LogP contribution in [0.4, 0.5) is 0 Å². The molecule has 1 aromatic carbocycles. The Morgan fingerprint density at radius 1 is 1.47 bits per heavy atom. The summed E-state index contributed by atoms with van der Waals surface area (Å²) in [5.74, 6) is 1.15. The molecule has 0 aliphatic rings. The molecule has 0 spiro atoms. The lowest BCUT2D eigenvalue weighted by molar-refractivity contribution is 0.101. The van der Waals surface area contributed by atoms with Crippen LogP contribution in [0.3, 0.4) is 0 Å². The van der Waals surface area contributed by atoms with Crippen molar-refractivity contribution in [3.05, 3.63) is 29.8 Å². The maximum absolute atomic E-state index is 11.3. The third kappa shape index (κ3) is 3.67. The van der Waals surface area contributed by atoms with E-state index in [1.807, 2.05) is 18.2 Å². The summed E-state index contributed by atoms with van der Waals surface area (Å²) in [6, 6.07) is 7.34. The largest absolute Gasteiger partial charge is 0.493 e. The number of Topliss-reactive ketones (excluding diaryl/α,β-unsaturated/α-hetero) is 1. The molecule has 1 rings (SSSR count). The minimum Gasteiger partial charge on any atom is -0.493 e. The lowest BCUT2D eigenvalue weighted by atomic mass is 10.1. The zero-order valence-corrected chi connectivity index (χ0v) is 10.6. The SMILES string of the molecule is CC(=O)c1ccccc1OCC(C)CBr. The number of hydrogen-bond donors (Lipinski definition) is 0. The first-order valence-electron chi connectivity index (χ1n) is 4.94. The number of benzene rings is 1. The second-order valence-electron chi connectivity index (χ2n) is 3.62. The highest BCUT2D eigenvalue weighted by Crippen LogP contribution is 2.19. The van der Waals surface area contributed by atoms with Crippen molar-refractivity contribution in [2.24, 2.45) is 5.92 Å². The van der Waals surface area contributed by atoms with E-state index in [0.29, 0.717) is 23.8 Å². The molecule has 15 heavy (non-hydrogen) atoms. The third-order valence-corrected chi connectivity index (χ3v) is 3.16. The van der Waals surface area contributed by atoms with Crippen molar-refractivity contribution in [1.29, 1.82) is 0 Å². The molecule has 0 amide bonds. The molecule has 0 aromatic heterocycles. The summed E-state index contributed by atoms with van der Waals surface area (Å²) < 4.78 is 5.60. The van der Waals surface area contributed by atoms with Crippen LogP contribution in [0.1, 0.15) is 24.2 Å². The highest BCUT2D eigenvalue weighted by Gasteiger charge is 2.08.